The third-order valence-corrected chi connectivity index (χ3v) is 4.82. The molecule has 3 rings (SSSR count). The topological polar surface area (TPSA) is 61.4 Å². The highest BCUT2D eigenvalue weighted by atomic mass is 19.1. The van der Waals surface area contributed by atoms with Crippen LogP contribution in [-0.4, -0.2) is 30.4 Å². The molecule has 142 valence electrons. The number of likely N-dealkylation sites (tertiary alicyclic amines) is 1. The van der Waals surface area contributed by atoms with Gasteiger partial charge in [-0.2, -0.15) is 0 Å². The summed E-state index contributed by atoms with van der Waals surface area (Å²) >= 11 is 0. The van der Waals surface area contributed by atoms with E-state index in [-0.39, 0.29) is 30.2 Å². The van der Waals surface area contributed by atoms with Gasteiger partial charge in [0.2, 0.25) is 5.91 Å². The van der Waals surface area contributed by atoms with Crippen molar-refractivity contribution in [2.24, 2.45) is 0 Å². The summed E-state index contributed by atoms with van der Waals surface area (Å²) in [5.74, 6) is -0.374. The fraction of sp³-hybridized carbons (Fsp3) is 0.333. The van der Waals surface area contributed by atoms with Crippen LogP contribution in [0.3, 0.4) is 0 Å². The smallest absolute Gasteiger partial charge is 0.322 e. The molecule has 1 saturated heterocycles. The first-order valence-corrected chi connectivity index (χ1v) is 9.19. The van der Waals surface area contributed by atoms with Crippen molar-refractivity contribution in [1.29, 1.82) is 0 Å². The highest BCUT2D eigenvalue weighted by Gasteiger charge is 2.28. The highest BCUT2D eigenvalue weighted by Crippen LogP contribution is 2.31. The first-order chi connectivity index (χ1) is 13.1. The molecule has 2 aromatic carbocycles. The van der Waals surface area contributed by atoms with Crippen LogP contribution in [0.5, 0.6) is 0 Å². The van der Waals surface area contributed by atoms with Gasteiger partial charge in [-0.1, -0.05) is 24.3 Å². The number of benzene rings is 2. The van der Waals surface area contributed by atoms with E-state index >= 15 is 0 Å². The molecular weight excluding hydrogens is 345 g/mol. The first kappa shape index (κ1) is 18.9. The maximum absolute atomic E-state index is 13.6. The molecule has 27 heavy (non-hydrogen) atoms. The van der Waals surface area contributed by atoms with E-state index < -0.39 is 0 Å². The van der Waals surface area contributed by atoms with Crippen molar-refractivity contribution >= 4 is 17.6 Å². The van der Waals surface area contributed by atoms with Crippen molar-refractivity contribution < 1.29 is 14.0 Å². The first-order valence-electron chi connectivity index (χ1n) is 9.19. The van der Waals surface area contributed by atoms with E-state index in [2.05, 4.69) is 10.6 Å². The zero-order valence-electron chi connectivity index (χ0n) is 15.4. The Morgan fingerprint density at radius 1 is 1.15 bits per heavy atom. The molecule has 1 heterocycles. The molecule has 3 amide bonds. The number of nitrogens with one attached hydrogen (secondary N) is 2. The average molecular weight is 369 g/mol. The molecule has 6 heteroatoms. The lowest BCUT2D eigenvalue weighted by Crippen LogP contribution is -2.41. The van der Waals surface area contributed by atoms with Crippen molar-refractivity contribution in [3.63, 3.8) is 0 Å². The number of anilines is 1. The minimum Gasteiger partial charge on any atom is -0.359 e. The van der Waals surface area contributed by atoms with Gasteiger partial charge in [0.05, 0.1) is 12.5 Å². The summed E-state index contributed by atoms with van der Waals surface area (Å²) in [6, 6.07) is 13.4. The van der Waals surface area contributed by atoms with E-state index in [9.17, 15) is 14.0 Å². The summed E-state index contributed by atoms with van der Waals surface area (Å²) in [6.45, 7) is 0.630. The predicted octanol–water partition coefficient (Wildman–Crippen LogP) is 3.87. The van der Waals surface area contributed by atoms with Crippen LogP contribution >= 0.6 is 0 Å². The second-order valence-corrected chi connectivity index (χ2v) is 6.74. The zero-order chi connectivity index (χ0) is 19.2. The summed E-state index contributed by atoms with van der Waals surface area (Å²) in [5, 5.41) is 5.51. The van der Waals surface area contributed by atoms with Crippen LogP contribution in [0, 0.1) is 5.82 Å². The standard InChI is InChI=1S/C21H24FN3O2/c1-23-20(26)13-15-6-4-9-18(12-15)24-21(27)25-11-3-2-10-19(25)16-7-5-8-17(22)14-16/h4-9,12,14,19H,2-3,10-11,13H2,1H3,(H,23,26)(H,24,27)/t19-/m1/s1. The normalized spacial score (nSPS) is 16.7. The SMILES string of the molecule is CNC(=O)Cc1cccc(NC(=O)N2CCCC[C@@H]2c2cccc(F)c2)c1. The van der Waals surface area contributed by atoms with Crippen LogP contribution in [0.1, 0.15) is 36.4 Å². The van der Waals surface area contributed by atoms with E-state index in [1.54, 1.807) is 30.1 Å². The lowest BCUT2D eigenvalue weighted by molar-refractivity contribution is -0.119. The van der Waals surface area contributed by atoms with Crippen LogP contribution in [0.4, 0.5) is 14.9 Å². The molecule has 0 bridgehead atoms. The number of hydrogen-bond donors (Lipinski definition) is 2. The Hall–Kier alpha value is -2.89. The molecule has 0 radical (unpaired) electrons. The summed E-state index contributed by atoms with van der Waals surface area (Å²) in [5.41, 5.74) is 2.29. The number of likely N-dealkylation sites (N-methyl/N-ethyl adjacent to an activating group) is 1. The molecule has 0 saturated carbocycles. The monoisotopic (exact) mass is 369 g/mol. The van der Waals surface area contributed by atoms with Crippen LogP contribution in [0.15, 0.2) is 48.5 Å². The number of piperidine rings is 1. The quantitative estimate of drug-likeness (QED) is 0.859. The fourth-order valence-electron chi connectivity index (χ4n) is 3.46. The zero-order valence-corrected chi connectivity index (χ0v) is 15.4. The Kier molecular flexibility index (Phi) is 6.06. The van der Waals surface area contributed by atoms with E-state index in [1.807, 2.05) is 18.2 Å². The van der Waals surface area contributed by atoms with Gasteiger partial charge < -0.3 is 15.5 Å². The van der Waals surface area contributed by atoms with E-state index in [1.165, 1.54) is 12.1 Å². The van der Waals surface area contributed by atoms with Gasteiger partial charge in [-0.15, -0.1) is 0 Å². The molecule has 1 atom stereocenters. The molecule has 2 aromatic rings. The highest BCUT2D eigenvalue weighted by molar-refractivity contribution is 5.90. The summed E-state index contributed by atoms with van der Waals surface area (Å²) in [4.78, 5) is 26.2. The summed E-state index contributed by atoms with van der Waals surface area (Å²) < 4.78 is 13.6. The van der Waals surface area contributed by atoms with E-state index in [0.29, 0.717) is 12.2 Å². The number of amides is 3. The molecule has 0 aromatic heterocycles. The van der Waals surface area contributed by atoms with Crippen molar-refractivity contribution in [3.05, 3.63) is 65.5 Å². The number of carbonyl (C=O) groups is 2. The van der Waals surface area contributed by atoms with Crippen LogP contribution in [0.25, 0.3) is 0 Å². The number of rotatable bonds is 4. The molecular formula is C21H24FN3O2. The van der Waals surface area contributed by atoms with Crippen molar-refractivity contribution in [2.45, 2.75) is 31.7 Å². The van der Waals surface area contributed by atoms with Gasteiger partial charge in [-0.05, 0) is 54.7 Å². The Bertz CT molecular complexity index is 825. The second-order valence-electron chi connectivity index (χ2n) is 6.74. The molecule has 2 N–H and O–H groups in total. The van der Waals surface area contributed by atoms with Gasteiger partial charge in [0.15, 0.2) is 0 Å². The van der Waals surface area contributed by atoms with Crippen LogP contribution in [-0.2, 0) is 11.2 Å². The molecule has 0 unspecified atom stereocenters. The van der Waals surface area contributed by atoms with Gasteiger partial charge in [-0.25, -0.2) is 9.18 Å². The molecule has 1 fully saturated rings. The second kappa shape index (κ2) is 8.66. The fourth-order valence-corrected chi connectivity index (χ4v) is 3.46. The number of hydrogen-bond acceptors (Lipinski definition) is 2. The molecule has 5 nitrogen and oxygen atoms in total. The van der Waals surface area contributed by atoms with E-state index in [4.69, 9.17) is 0 Å². The number of carbonyl (C=O) groups excluding carboxylic acids is 2. The van der Waals surface area contributed by atoms with Crippen LogP contribution in [0.2, 0.25) is 0 Å². The number of nitrogens with zero attached hydrogens (tertiary/aromatic N) is 1. The molecule has 0 spiro atoms. The predicted molar refractivity (Wildman–Crippen MR) is 103 cm³/mol. The summed E-state index contributed by atoms with van der Waals surface area (Å²) in [6.07, 6.45) is 3.01. The number of urea groups is 1. The number of halogens is 1. The van der Waals surface area contributed by atoms with Gasteiger partial charge in [0.1, 0.15) is 5.82 Å². The minimum absolute atomic E-state index is 0.0827. The average Bonchev–Trinajstić information content (AvgIpc) is 2.68. The maximum Gasteiger partial charge on any atom is 0.322 e. The van der Waals surface area contributed by atoms with Gasteiger partial charge >= 0.3 is 6.03 Å². The molecule has 1 aliphatic heterocycles. The van der Waals surface area contributed by atoms with Crippen molar-refractivity contribution in [2.75, 3.05) is 18.9 Å². The van der Waals surface area contributed by atoms with Gasteiger partial charge in [0.25, 0.3) is 0 Å². The maximum atomic E-state index is 13.6. The molecule has 1 aliphatic rings. The Balaban J connectivity index is 1.74. The lowest BCUT2D eigenvalue weighted by Gasteiger charge is -2.36. The third kappa shape index (κ3) is 4.84. The largest absolute Gasteiger partial charge is 0.359 e. The van der Waals surface area contributed by atoms with Crippen molar-refractivity contribution in [1.82, 2.24) is 10.2 Å². The summed E-state index contributed by atoms with van der Waals surface area (Å²) in [7, 11) is 1.59. The molecule has 0 aliphatic carbocycles. The minimum atomic E-state index is -0.291. The van der Waals surface area contributed by atoms with Crippen LogP contribution < -0.4 is 10.6 Å². The Labute approximate surface area is 158 Å². The van der Waals surface area contributed by atoms with Gasteiger partial charge in [-0.3, -0.25) is 4.79 Å². The van der Waals surface area contributed by atoms with Crippen molar-refractivity contribution in [3.8, 4) is 0 Å². The Morgan fingerprint density at radius 2 is 1.96 bits per heavy atom. The van der Waals surface area contributed by atoms with E-state index in [0.717, 1.165) is 30.4 Å². The van der Waals surface area contributed by atoms with Gasteiger partial charge in [0, 0.05) is 19.3 Å². The lowest BCUT2D eigenvalue weighted by atomic mass is 9.95. The third-order valence-electron chi connectivity index (χ3n) is 4.82. The Morgan fingerprint density at radius 3 is 2.74 bits per heavy atom.